The maximum atomic E-state index is 13.0. The highest BCUT2D eigenvalue weighted by Gasteiger charge is 2.40. The number of rotatable bonds is 13. The lowest BCUT2D eigenvalue weighted by atomic mass is 9.71. The Morgan fingerprint density at radius 2 is 1.14 bits per heavy atom. The molecule has 0 aromatic heterocycles. The van der Waals surface area contributed by atoms with Gasteiger partial charge in [0.1, 0.15) is 0 Å². The predicted octanol–water partition coefficient (Wildman–Crippen LogP) is 8.24. The average molecular weight is 476 g/mol. The molecule has 1 aromatic rings. The van der Waals surface area contributed by atoms with Gasteiger partial charge in [0.25, 0.3) is 0 Å². The van der Waals surface area contributed by atoms with Gasteiger partial charge in [-0.25, -0.2) is 0 Å². The molecule has 1 heterocycles. The maximum Gasteiger partial charge on any atom is 0.161 e. The van der Waals surface area contributed by atoms with Gasteiger partial charge in [0.2, 0.25) is 0 Å². The van der Waals surface area contributed by atoms with Crippen LogP contribution in [0.25, 0.3) is 0 Å². The maximum absolute atomic E-state index is 13.0. The second-order valence-electron chi connectivity index (χ2n) is 10.9. The van der Waals surface area contributed by atoms with Crippen molar-refractivity contribution in [1.82, 2.24) is 5.32 Å². The van der Waals surface area contributed by atoms with Crippen molar-refractivity contribution >= 4 is 11.6 Å². The van der Waals surface area contributed by atoms with E-state index in [1.807, 2.05) is 0 Å². The Morgan fingerprint density at radius 1 is 0.657 bits per heavy atom. The fourth-order valence-corrected chi connectivity index (χ4v) is 6.19. The number of Topliss-reactive ketones (excluding diaryl/α,β-unsaturated/α-hetero) is 2. The van der Waals surface area contributed by atoms with Gasteiger partial charge in [-0.15, -0.1) is 0 Å². The number of allylic oxidation sites excluding steroid dienone is 4. The first-order chi connectivity index (χ1) is 17.2. The van der Waals surface area contributed by atoms with Crippen LogP contribution in [0.4, 0.5) is 0 Å². The van der Waals surface area contributed by atoms with Gasteiger partial charge in [-0.1, -0.05) is 95.4 Å². The lowest BCUT2D eigenvalue weighted by Gasteiger charge is -2.37. The number of hydrogen-bond donors (Lipinski definition) is 1. The topological polar surface area (TPSA) is 46.2 Å². The molecule has 190 valence electrons. The first-order valence-electron chi connectivity index (χ1n) is 14.6. The van der Waals surface area contributed by atoms with Crippen LogP contribution in [0.1, 0.15) is 133 Å². The van der Waals surface area contributed by atoms with Gasteiger partial charge in [-0.3, -0.25) is 9.59 Å². The van der Waals surface area contributed by atoms with Crippen LogP contribution in [0.15, 0.2) is 46.8 Å². The first-order valence-corrected chi connectivity index (χ1v) is 14.6. The summed E-state index contributed by atoms with van der Waals surface area (Å²) in [5.74, 6) is 0.273. The van der Waals surface area contributed by atoms with Crippen LogP contribution in [-0.4, -0.2) is 11.6 Å². The third-order valence-electron chi connectivity index (χ3n) is 8.17. The van der Waals surface area contributed by atoms with Gasteiger partial charge >= 0.3 is 0 Å². The number of dihydropyridines is 1. The summed E-state index contributed by atoms with van der Waals surface area (Å²) in [4.78, 5) is 25.9. The molecule has 4 rings (SSSR count). The molecule has 3 nitrogen and oxygen atoms in total. The molecule has 35 heavy (non-hydrogen) atoms. The SMILES string of the molecule is CCCCCCCCCCCCCc1ccc(C2C3=C(CCCC3=O)NC3=C2C(=O)CCC3)cc1. The highest BCUT2D eigenvalue weighted by atomic mass is 16.1. The van der Waals surface area contributed by atoms with E-state index in [1.54, 1.807) is 0 Å². The van der Waals surface area contributed by atoms with Crippen LogP contribution < -0.4 is 5.32 Å². The minimum atomic E-state index is -0.169. The number of aryl methyl sites for hydroxylation is 1. The fraction of sp³-hybridized carbons (Fsp3) is 0.625. The Labute approximate surface area is 212 Å². The second-order valence-corrected chi connectivity index (χ2v) is 10.9. The molecule has 1 N–H and O–H groups in total. The Kier molecular flexibility index (Phi) is 9.80. The molecular weight excluding hydrogens is 430 g/mol. The summed E-state index contributed by atoms with van der Waals surface area (Å²) in [5.41, 5.74) is 6.35. The van der Waals surface area contributed by atoms with Crippen molar-refractivity contribution < 1.29 is 9.59 Å². The number of hydrogen-bond acceptors (Lipinski definition) is 3. The quantitative estimate of drug-likeness (QED) is 0.292. The smallest absolute Gasteiger partial charge is 0.161 e. The molecular formula is C32H45NO2. The Morgan fingerprint density at radius 3 is 1.66 bits per heavy atom. The zero-order chi connectivity index (χ0) is 24.5. The molecule has 3 aliphatic rings. The molecule has 3 heteroatoms. The second kappa shape index (κ2) is 13.2. The van der Waals surface area contributed by atoms with Crippen LogP contribution in [0.5, 0.6) is 0 Å². The highest BCUT2D eigenvalue weighted by molar-refractivity contribution is 6.06. The van der Waals surface area contributed by atoms with Crippen LogP contribution in [-0.2, 0) is 16.0 Å². The van der Waals surface area contributed by atoms with Gasteiger partial charge in [0.05, 0.1) is 0 Å². The molecule has 0 saturated carbocycles. The molecule has 0 amide bonds. The highest BCUT2D eigenvalue weighted by Crippen LogP contribution is 2.45. The zero-order valence-electron chi connectivity index (χ0n) is 21.9. The largest absolute Gasteiger partial charge is 0.362 e. The van der Waals surface area contributed by atoms with Crippen molar-refractivity contribution in [3.63, 3.8) is 0 Å². The van der Waals surface area contributed by atoms with E-state index in [0.717, 1.165) is 60.2 Å². The van der Waals surface area contributed by atoms with E-state index >= 15 is 0 Å². The van der Waals surface area contributed by atoms with Crippen molar-refractivity contribution in [1.29, 1.82) is 0 Å². The van der Waals surface area contributed by atoms with Gasteiger partial charge < -0.3 is 5.32 Å². The monoisotopic (exact) mass is 475 g/mol. The molecule has 0 atom stereocenters. The summed E-state index contributed by atoms with van der Waals surface area (Å²) < 4.78 is 0. The minimum Gasteiger partial charge on any atom is -0.362 e. The summed E-state index contributed by atoms with van der Waals surface area (Å²) in [6, 6.07) is 8.83. The number of benzene rings is 1. The summed E-state index contributed by atoms with van der Waals surface area (Å²) in [7, 11) is 0. The summed E-state index contributed by atoms with van der Waals surface area (Å²) >= 11 is 0. The van der Waals surface area contributed by atoms with Gasteiger partial charge in [0.15, 0.2) is 11.6 Å². The van der Waals surface area contributed by atoms with E-state index in [9.17, 15) is 9.59 Å². The summed E-state index contributed by atoms with van der Waals surface area (Å²) in [6.45, 7) is 2.28. The van der Waals surface area contributed by atoms with Crippen molar-refractivity contribution in [2.75, 3.05) is 0 Å². The number of carbonyl (C=O) groups excluding carboxylic acids is 2. The lowest BCUT2D eigenvalue weighted by Crippen LogP contribution is -2.36. The standard InChI is InChI=1S/C32H45NO2/c1-2-3-4-5-6-7-8-9-10-11-12-15-24-20-22-25(23-21-24)30-31-26(16-13-18-28(31)34)33-27-17-14-19-29(35)32(27)30/h20-23,30,33H,2-19H2,1H3. The molecule has 1 aliphatic heterocycles. The Hall–Kier alpha value is -2.16. The molecule has 0 fully saturated rings. The van der Waals surface area contributed by atoms with Crippen molar-refractivity contribution in [2.45, 2.75) is 128 Å². The van der Waals surface area contributed by atoms with Gasteiger partial charge in [0, 0.05) is 41.3 Å². The van der Waals surface area contributed by atoms with Crippen LogP contribution in [0.2, 0.25) is 0 Å². The van der Waals surface area contributed by atoms with E-state index in [4.69, 9.17) is 0 Å². The normalized spacial score (nSPS) is 18.5. The third kappa shape index (κ3) is 6.74. The Bertz CT molecular complexity index is 895. The van der Waals surface area contributed by atoms with Gasteiger partial charge in [-0.05, 0) is 49.7 Å². The molecule has 0 unspecified atom stereocenters. The van der Waals surface area contributed by atoms with E-state index in [1.165, 1.54) is 76.2 Å². The van der Waals surface area contributed by atoms with Crippen molar-refractivity contribution in [3.8, 4) is 0 Å². The lowest BCUT2D eigenvalue weighted by molar-refractivity contribution is -0.116. The summed E-state index contributed by atoms with van der Waals surface area (Å²) in [6.07, 6.45) is 21.0. The fourth-order valence-electron chi connectivity index (χ4n) is 6.19. The van der Waals surface area contributed by atoms with Crippen LogP contribution in [0, 0.1) is 0 Å². The van der Waals surface area contributed by atoms with E-state index in [-0.39, 0.29) is 17.5 Å². The number of unbranched alkanes of at least 4 members (excludes halogenated alkanes) is 10. The van der Waals surface area contributed by atoms with Crippen LogP contribution >= 0.6 is 0 Å². The van der Waals surface area contributed by atoms with Gasteiger partial charge in [-0.2, -0.15) is 0 Å². The van der Waals surface area contributed by atoms with E-state index in [0.29, 0.717) is 12.8 Å². The number of nitrogens with one attached hydrogen (secondary N) is 1. The third-order valence-corrected chi connectivity index (χ3v) is 8.17. The average Bonchev–Trinajstić information content (AvgIpc) is 2.87. The molecule has 0 bridgehead atoms. The van der Waals surface area contributed by atoms with Crippen LogP contribution in [0.3, 0.4) is 0 Å². The zero-order valence-corrected chi connectivity index (χ0v) is 21.9. The number of carbonyl (C=O) groups is 2. The van der Waals surface area contributed by atoms with E-state index < -0.39 is 0 Å². The van der Waals surface area contributed by atoms with Crippen molar-refractivity contribution in [2.24, 2.45) is 0 Å². The molecule has 0 spiro atoms. The Balaban J connectivity index is 1.29. The van der Waals surface area contributed by atoms with E-state index in [2.05, 4.69) is 36.5 Å². The molecule has 2 aliphatic carbocycles. The summed E-state index contributed by atoms with van der Waals surface area (Å²) in [5, 5.41) is 3.51. The first kappa shape index (κ1) is 25.9. The number of ketones is 2. The molecule has 1 aromatic carbocycles. The van der Waals surface area contributed by atoms with Crippen molar-refractivity contribution in [3.05, 3.63) is 57.9 Å². The molecule has 0 radical (unpaired) electrons. The minimum absolute atomic E-state index is 0.169. The molecule has 0 saturated heterocycles. The predicted molar refractivity (Wildman–Crippen MR) is 144 cm³/mol.